The standard InChI is InChI=1S/C75H122O6/c1-4-7-10-13-16-19-22-25-27-28-29-30-31-32-33-34-35-36-37-38-39-40-41-42-43-44-45-46-48-50-53-56-59-62-65-68-74(77)80-71-72(70-79-73(76)67-64-61-58-55-52-49-24-21-18-15-12-9-6-3)81-75(78)69-66-63-60-57-54-51-47-26-23-20-17-14-11-8-5-2/h7-8,10-11,16-17,19-21,24-27,29-30,32-33,35-36,47,54,57,63,66,72H,4-6,9,12-15,18,22-23,28,31,34,37-46,48-53,55-56,58-62,64-65,67-71H2,1-3H3/b10-7-,11-8-,19-16-,20-17-,24-21-,27-25-,30-29-,33-32-,36-35-,47-26-,57-54-,66-63-. The highest BCUT2D eigenvalue weighted by atomic mass is 16.6. The van der Waals surface area contributed by atoms with Crippen molar-refractivity contribution in [3.05, 3.63) is 146 Å². The van der Waals surface area contributed by atoms with Gasteiger partial charge >= 0.3 is 17.9 Å². The normalized spacial score (nSPS) is 13.1. The minimum absolute atomic E-state index is 0.0921. The molecule has 0 bridgehead atoms. The topological polar surface area (TPSA) is 78.9 Å². The van der Waals surface area contributed by atoms with Crippen LogP contribution < -0.4 is 0 Å². The van der Waals surface area contributed by atoms with Crippen LogP contribution in [0.3, 0.4) is 0 Å². The van der Waals surface area contributed by atoms with Crippen LogP contribution in [0, 0.1) is 0 Å². The number of carbonyl (C=O) groups excluding carboxylic acids is 3. The summed E-state index contributed by atoms with van der Waals surface area (Å²) >= 11 is 0. The first-order chi connectivity index (χ1) is 40.0. The van der Waals surface area contributed by atoms with E-state index in [0.717, 1.165) is 122 Å². The number of hydrogen-bond donors (Lipinski definition) is 0. The number of ether oxygens (including phenoxy) is 3. The lowest BCUT2D eigenvalue weighted by molar-refractivity contribution is -0.166. The van der Waals surface area contributed by atoms with Gasteiger partial charge in [-0.05, 0) is 122 Å². The lowest BCUT2D eigenvalue weighted by Crippen LogP contribution is -2.30. The largest absolute Gasteiger partial charge is 0.462 e. The summed E-state index contributed by atoms with van der Waals surface area (Å²) in [4.78, 5) is 38.2. The van der Waals surface area contributed by atoms with E-state index in [9.17, 15) is 14.4 Å². The number of allylic oxidation sites excluding steroid dienone is 23. The van der Waals surface area contributed by atoms with E-state index in [4.69, 9.17) is 14.2 Å². The first-order valence-electron chi connectivity index (χ1n) is 33.3. The average Bonchev–Trinajstić information content (AvgIpc) is 3.46. The summed E-state index contributed by atoms with van der Waals surface area (Å²) in [6.45, 7) is 6.31. The fourth-order valence-corrected chi connectivity index (χ4v) is 8.93. The Morgan fingerprint density at radius 2 is 0.519 bits per heavy atom. The highest BCUT2D eigenvalue weighted by molar-refractivity contribution is 5.72. The summed E-state index contributed by atoms with van der Waals surface area (Å²) in [6, 6.07) is 0. The van der Waals surface area contributed by atoms with Crippen LogP contribution >= 0.6 is 0 Å². The minimum Gasteiger partial charge on any atom is -0.462 e. The first kappa shape index (κ1) is 76.3. The van der Waals surface area contributed by atoms with Crippen LogP contribution in [0.15, 0.2) is 146 Å². The number of carbonyl (C=O) groups is 3. The number of unbranched alkanes of at least 4 members (excludes halogenated alkanes) is 25. The van der Waals surface area contributed by atoms with E-state index in [1.807, 2.05) is 6.08 Å². The monoisotopic (exact) mass is 1120 g/mol. The molecule has 0 rings (SSSR count). The van der Waals surface area contributed by atoms with Gasteiger partial charge in [-0.15, -0.1) is 0 Å². The minimum atomic E-state index is -0.839. The van der Waals surface area contributed by atoms with Crippen LogP contribution in [-0.2, 0) is 28.6 Å². The van der Waals surface area contributed by atoms with Gasteiger partial charge in [-0.25, -0.2) is 0 Å². The Kier molecular flexibility index (Phi) is 63.9. The zero-order valence-electron chi connectivity index (χ0n) is 52.5. The predicted octanol–water partition coefficient (Wildman–Crippen LogP) is 23.1. The Bertz CT molecular complexity index is 1760. The van der Waals surface area contributed by atoms with Crippen molar-refractivity contribution >= 4 is 17.9 Å². The van der Waals surface area contributed by atoms with Crippen LogP contribution in [0.25, 0.3) is 0 Å². The maximum atomic E-state index is 12.8. The highest BCUT2D eigenvalue weighted by Gasteiger charge is 2.19. The molecule has 0 heterocycles. The Morgan fingerprint density at radius 1 is 0.272 bits per heavy atom. The van der Waals surface area contributed by atoms with E-state index < -0.39 is 12.1 Å². The van der Waals surface area contributed by atoms with Gasteiger partial charge in [0.05, 0.1) is 6.42 Å². The fourth-order valence-electron chi connectivity index (χ4n) is 8.93. The highest BCUT2D eigenvalue weighted by Crippen LogP contribution is 2.16. The van der Waals surface area contributed by atoms with Crippen LogP contribution in [0.4, 0.5) is 0 Å². The lowest BCUT2D eigenvalue weighted by Gasteiger charge is -2.18. The van der Waals surface area contributed by atoms with Crippen LogP contribution in [-0.4, -0.2) is 37.2 Å². The van der Waals surface area contributed by atoms with E-state index in [1.165, 1.54) is 128 Å². The summed E-state index contributed by atoms with van der Waals surface area (Å²) in [5.41, 5.74) is 0. The zero-order chi connectivity index (χ0) is 58.5. The second-order valence-electron chi connectivity index (χ2n) is 21.6. The third-order valence-electron chi connectivity index (χ3n) is 13.8. The van der Waals surface area contributed by atoms with E-state index in [0.29, 0.717) is 12.8 Å². The molecule has 0 amide bonds. The quantitative estimate of drug-likeness (QED) is 0.0261. The van der Waals surface area contributed by atoms with Crippen molar-refractivity contribution in [2.24, 2.45) is 0 Å². The summed E-state index contributed by atoms with van der Waals surface area (Å²) in [6.07, 6.45) is 97.6. The van der Waals surface area contributed by atoms with Gasteiger partial charge in [0.25, 0.3) is 0 Å². The van der Waals surface area contributed by atoms with E-state index >= 15 is 0 Å². The SMILES string of the molecule is CC/C=C\C/C=C\C/C=C\C/C=C\C/C=C\C/C=C\CCCCCCCCCCCCCCCCCCC(=O)OCC(COC(=O)CCCCCCC/C=C\CCCCCC)OC(=O)C/C=C\C/C=C\C/C=C\C/C=C\C/C=C\CC. The van der Waals surface area contributed by atoms with Gasteiger partial charge in [-0.2, -0.15) is 0 Å². The Labute approximate surface area is 499 Å². The van der Waals surface area contributed by atoms with Gasteiger partial charge in [0, 0.05) is 12.8 Å². The van der Waals surface area contributed by atoms with Gasteiger partial charge < -0.3 is 14.2 Å². The Morgan fingerprint density at radius 3 is 0.827 bits per heavy atom. The predicted molar refractivity (Wildman–Crippen MR) is 352 cm³/mol. The second-order valence-corrected chi connectivity index (χ2v) is 21.6. The van der Waals surface area contributed by atoms with Crippen molar-refractivity contribution in [1.82, 2.24) is 0 Å². The van der Waals surface area contributed by atoms with Gasteiger partial charge in [0.2, 0.25) is 0 Å². The smallest absolute Gasteiger partial charge is 0.310 e. The van der Waals surface area contributed by atoms with Crippen molar-refractivity contribution in [3.8, 4) is 0 Å². The summed E-state index contributed by atoms with van der Waals surface area (Å²) in [7, 11) is 0. The van der Waals surface area contributed by atoms with Gasteiger partial charge in [0.15, 0.2) is 6.10 Å². The molecule has 0 aliphatic heterocycles. The number of hydrogen-bond acceptors (Lipinski definition) is 6. The van der Waals surface area contributed by atoms with Crippen molar-refractivity contribution in [2.75, 3.05) is 13.2 Å². The first-order valence-corrected chi connectivity index (χ1v) is 33.3. The molecule has 6 nitrogen and oxygen atoms in total. The molecule has 0 saturated carbocycles. The van der Waals surface area contributed by atoms with Gasteiger partial charge in [-0.3, -0.25) is 14.4 Å². The molecule has 0 N–H and O–H groups in total. The second kappa shape index (κ2) is 67.8. The molecule has 0 aliphatic rings. The molecule has 0 radical (unpaired) electrons. The molecule has 6 heteroatoms. The number of rotatable bonds is 59. The summed E-state index contributed by atoms with van der Waals surface area (Å²) in [5, 5.41) is 0. The van der Waals surface area contributed by atoms with Gasteiger partial charge in [0.1, 0.15) is 13.2 Å². The third-order valence-corrected chi connectivity index (χ3v) is 13.8. The molecule has 0 spiro atoms. The van der Waals surface area contributed by atoms with E-state index in [2.05, 4.69) is 154 Å². The molecular weight excluding hydrogens is 997 g/mol. The molecule has 0 aliphatic carbocycles. The fraction of sp³-hybridized carbons (Fsp3) is 0.640. The maximum absolute atomic E-state index is 12.8. The van der Waals surface area contributed by atoms with Crippen molar-refractivity contribution < 1.29 is 28.6 Å². The molecule has 0 fully saturated rings. The zero-order valence-corrected chi connectivity index (χ0v) is 52.5. The van der Waals surface area contributed by atoms with Crippen molar-refractivity contribution in [2.45, 2.75) is 297 Å². The Hall–Kier alpha value is -4.71. The van der Waals surface area contributed by atoms with Crippen LogP contribution in [0.1, 0.15) is 290 Å². The molecule has 81 heavy (non-hydrogen) atoms. The van der Waals surface area contributed by atoms with Crippen LogP contribution in [0.5, 0.6) is 0 Å². The molecule has 0 aromatic carbocycles. The lowest BCUT2D eigenvalue weighted by atomic mass is 10.0. The number of esters is 3. The molecule has 0 aromatic heterocycles. The average molecular weight is 1120 g/mol. The molecule has 1 atom stereocenters. The van der Waals surface area contributed by atoms with Gasteiger partial charge in [-0.1, -0.05) is 295 Å². The molecule has 1 unspecified atom stereocenters. The third kappa shape index (κ3) is 66.0. The Balaban J connectivity index is 4.22. The van der Waals surface area contributed by atoms with E-state index in [-0.39, 0.29) is 31.6 Å². The molecule has 458 valence electrons. The molecule has 0 aromatic rings. The summed E-state index contributed by atoms with van der Waals surface area (Å²) in [5.74, 6) is -1.06. The molecule has 0 saturated heterocycles. The molecular formula is C75H122O6. The van der Waals surface area contributed by atoms with Crippen molar-refractivity contribution in [1.29, 1.82) is 0 Å². The van der Waals surface area contributed by atoms with E-state index in [1.54, 1.807) is 6.08 Å². The van der Waals surface area contributed by atoms with Crippen molar-refractivity contribution in [3.63, 3.8) is 0 Å². The summed E-state index contributed by atoms with van der Waals surface area (Å²) < 4.78 is 16.8. The van der Waals surface area contributed by atoms with Crippen LogP contribution in [0.2, 0.25) is 0 Å². The maximum Gasteiger partial charge on any atom is 0.310 e.